The molecule has 4 heterocycles. The monoisotopic (exact) mass is 578 g/mol. The third-order valence-electron chi connectivity index (χ3n) is 8.63. The summed E-state index contributed by atoms with van der Waals surface area (Å²) in [5, 5.41) is 11.1. The van der Waals surface area contributed by atoms with Gasteiger partial charge in [-0.15, -0.1) is 11.8 Å². The molecule has 9 heteroatoms. The molecule has 6 rings (SSSR count). The molecule has 4 aliphatic heterocycles. The zero-order valence-electron chi connectivity index (χ0n) is 22.3. The fourth-order valence-corrected chi connectivity index (χ4v) is 9.45. The van der Waals surface area contributed by atoms with Gasteiger partial charge in [-0.1, -0.05) is 72.3 Å². The minimum atomic E-state index is -1.04. The zero-order valence-corrected chi connectivity index (χ0v) is 23.9. The fraction of sp³-hybridized carbons (Fsp3) is 0.387. The lowest BCUT2D eigenvalue weighted by atomic mass is 9.75. The maximum Gasteiger partial charge on any atom is 0.311 e. The van der Waals surface area contributed by atoms with E-state index in [1.54, 1.807) is 15.9 Å². The molecule has 2 amide bonds. The molecule has 2 fully saturated rings. The van der Waals surface area contributed by atoms with Crippen LogP contribution in [-0.4, -0.2) is 69.1 Å². The second-order valence-electron chi connectivity index (χ2n) is 11.1. The number of benzene rings is 2. The SMILES string of the molecule is Cc1cccc(Cl)c1N1CC=C[C@]23S[C@@]4(C)C=CCOC(=O)[C@H]4[C@H]2C(=O)N([C@@H](CO)Cc2ccccc2)C3C1=O. The van der Waals surface area contributed by atoms with Crippen LogP contribution in [0, 0.1) is 18.8 Å². The second-order valence-corrected chi connectivity index (χ2v) is 13.3. The molecule has 6 atom stereocenters. The van der Waals surface area contributed by atoms with Gasteiger partial charge >= 0.3 is 5.97 Å². The highest BCUT2D eigenvalue weighted by Crippen LogP contribution is 2.65. The lowest BCUT2D eigenvalue weighted by Crippen LogP contribution is -2.57. The minimum absolute atomic E-state index is 0.147. The Kier molecular flexibility index (Phi) is 6.84. The summed E-state index contributed by atoms with van der Waals surface area (Å²) in [7, 11) is 0. The first-order valence-corrected chi connectivity index (χ1v) is 14.7. The van der Waals surface area contributed by atoms with Crippen LogP contribution in [0.2, 0.25) is 5.02 Å². The van der Waals surface area contributed by atoms with Crippen LogP contribution in [0.25, 0.3) is 0 Å². The average molecular weight is 579 g/mol. The molecule has 0 radical (unpaired) electrons. The van der Waals surface area contributed by atoms with Gasteiger partial charge < -0.3 is 19.6 Å². The molecule has 40 heavy (non-hydrogen) atoms. The molecule has 2 aromatic carbocycles. The number of thioether (sulfide) groups is 1. The van der Waals surface area contributed by atoms with E-state index in [9.17, 15) is 19.5 Å². The fourth-order valence-electron chi connectivity index (χ4n) is 6.99. The molecule has 2 saturated heterocycles. The van der Waals surface area contributed by atoms with E-state index in [0.29, 0.717) is 17.1 Å². The largest absolute Gasteiger partial charge is 0.461 e. The Labute approximate surface area is 242 Å². The number of hydrogen-bond acceptors (Lipinski definition) is 6. The summed E-state index contributed by atoms with van der Waals surface area (Å²) < 4.78 is 3.73. The first kappa shape index (κ1) is 27.1. The number of likely N-dealkylation sites (tertiary alicyclic amines) is 1. The van der Waals surface area contributed by atoms with Gasteiger partial charge in [0.05, 0.1) is 39.9 Å². The van der Waals surface area contributed by atoms with Crippen LogP contribution in [0.1, 0.15) is 18.1 Å². The van der Waals surface area contributed by atoms with Crippen molar-refractivity contribution in [3.8, 4) is 0 Å². The van der Waals surface area contributed by atoms with Crippen LogP contribution in [0.15, 0.2) is 72.8 Å². The lowest BCUT2D eigenvalue weighted by Gasteiger charge is -2.40. The van der Waals surface area contributed by atoms with Gasteiger partial charge in [-0.25, -0.2) is 0 Å². The number of para-hydroxylation sites is 1. The summed E-state index contributed by atoms with van der Waals surface area (Å²) in [4.78, 5) is 45.9. The number of carbonyl (C=O) groups excluding carboxylic acids is 3. The Morgan fingerprint density at radius 1 is 1.05 bits per heavy atom. The van der Waals surface area contributed by atoms with Crippen LogP contribution in [0.5, 0.6) is 0 Å². The summed E-state index contributed by atoms with van der Waals surface area (Å²) in [6, 6.07) is 13.4. The number of hydrogen-bond donors (Lipinski definition) is 1. The number of anilines is 1. The Bertz CT molecular complexity index is 1410. The van der Waals surface area contributed by atoms with Gasteiger partial charge in [0, 0.05) is 11.3 Å². The van der Waals surface area contributed by atoms with E-state index in [2.05, 4.69) is 0 Å². The van der Waals surface area contributed by atoms with Gasteiger partial charge in [0.2, 0.25) is 5.91 Å². The van der Waals surface area contributed by atoms with Crippen molar-refractivity contribution in [1.29, 1.82) is 0 Å². The summed E-state index contributed by atoms with van der Waals surface area (Å²) in [6.07, 6.45) is 7.98. The number of halogens is 1. The van der Waals surface area contributed by atoms with Gasteiger partial charge in [0.25, 0.3) is 5.91 Å². The van der Waals surface area contributed by atoms with E-state index in [1.165, 1.54) is 11.8 Å². The molecule has 1 N–H and O–H groups in total. The summed E-state index contributed by atoms with van der Waals surface area (Å²) in [5.41, 5.74) is 2.37. The third-order valence-corrected chi connectivity index (χ3v) is 10.7. The highest BCUT2D eigenvalue weighted by atomic mass is 35.5. The number of amides is 2. The van der Waals surface area contributed by atoms with Crippen LogP contribution in [0.4, 0.5) is 5.69 Å². The number of aliphatic hydroxyl groups is 1. The van der Waals surface area contributed by atoms with Crippen LogP contribution in [0.3, 0.4) is 0 Å². The Hall–Kier alpha value is -3.07. The topological polar surface area (TPSA) is 87.2 Å². The van der Waals surface area contributed by atoms with E-state index in [1.807, 2.05) is 80.6 Å². The number of esters is 1. The van der Waals surface area contributed by atoms with Crippen molar-refractivity contribution in [2.24, 2.45) is 11.8 Å². The molecule has 0 aliphatic carbocycles. The number of rotatable bonds is 5. The van der Waals surface area contributed by atoms with E-state index in [-0.39, 0.29) is 31.6 Å². The molecular weight excluding hydrogens is 548 g/mol. The molecule has 0 bridgehead atoms. The van der Waals surface area contributed by atoms with E-state index >= 15 is 0 Å². The third kappa shape index (κ3) is 4.03. The normalized spacial score (nSPS) is 31.8. The predicted molar refractivity (Wildman–Crippen MR) is 155 cm³/mol. The zero-order chi connectivity index (χ0) is 28.2. The maximum absolute atomic E-state index is 14.8. The Morgan fingerprint density at radius 2 is 1.82 bits per heavy atom. The smallest absolute Gasteiger partial charge is 0.311 e. The molecule has 0 saturated carbocycles. The second kappa shape index (κ2) is 10.1. The van der Waals surface area contributed by atoms with Gasteiger partial charge in [0.1, 0.15) is 12.6 Å². The number of fused-ring (bicyclic) bond motifs is 2. The molecule has 1 unspecified atom stereocenters. The summed E-state index contributed by atoms with van der Waals surface area (Å²) in [5.74, 6) is -2.65. The van der Waals surface area contributed by atoms with E-state index < -0.39 is 39.4 Å². The maximum atomic E-state index is 14.8. The number of aryl methyl sites for hydroxylation is 1. The van der Waals surface area contributed by atoms with Crippen LogP contribution >= 0.6 is 23.4 Å². The lowest BCUT2D eigenvalue weighted by molar-refractivity contribution is -0.153. The van der Waals surface area contributed by atoms with Crippen molar-refractivity contribution in [1.82, 2.24) is 4.90 Å². The molecule has 0 aromatic heterocycles. The summed E-state index contributed by atoms with van der Waals surface area (Å²) in [6.45, 7) is 3.92. The Morgan fingerprint density at radius 3 is 2.55 bits per heavy atom. The van der Waals surface area contributed by atoms with Crippen molar-refractivity contribution < 1.29 is 24.2 Å². The first-order chi connectivity index (χ1) is 19.2. The minimum Gasteiger partial charge on any atom is -0.461 e. The van der Waals surface area contributed by atoms with Gasteiger partial charge in [0.15, 0.2) is 0 Å². The van der Waals surface area contributed by atoms with Crippen molar-refractivity contribution in [3.63, 3.8) is 0 Å². The quantitative estimate of drug-likeness (QED) is 0.427. The Balaban J connectivity index is 1.52. The van der Waals surface area contributed by atoms with Crippen molar-refractivity contribution in [2.45, 2.75) is 41.8 Å². The van der Waals surface area contributed by atoms with E-state index in [4.69, 9.17) is 16.3 Å². The molecule has 4 aliphatic rings. The highest BCUT2D eigenvalue weighted by molar-refractivity contribution is 8.02. The number of nitrogens with zero attached hydrogens (tertiary/aromatic N) is 2. The highest BCUT2D eigenvalue weighted by Gasteiger charge is 2.74. The van der Waals surface area contributed by atoms with Gasteiger partial charge in [-0.05, 0) is 43.5 Å². The van der Waals surface area contributed by atoms with Crippen molar-refractivity contribution in [2.75, 3.05) is 24.7 Å². The summed E-state index contributed by atoms with van der Waals surface area (Å²) >= 11 is 8.12. The molecular formula is C31H31ClN2O5S. The van der Waals surface area contributed by atoms with Crippen LogP contribution < -0.4 is 4.90 Å². The van der Waals surface area contributed by atoms with Crippen LogP contribution in [-0.2, 0) is 25.5 Å². The number of aliphatic hydroxyl groups excluding tert-OH is 1. The van der Waals surface area contributed by atoms with E-state index in [0.717, 1.165) is 11.1 Å². The standard InChI is InChI=1S/C31H31ClN2O5S/c1-19-9-6-12-22(32)25(19)33-15-7-14-31-23(24-29(38)39-16-8-13-30(24,2)40-31)27(36)34(26(31)28(33)37)21(18-35)17-20-10-4-3-5-11-20/h3-14,21,23-24,26,35H,15-18H2,1-2H3/t21-,23+,24-,26?,30+,31+/m1/s1. The molecule has 7 nitrogen and oxygen atoms in total. The molecule has 2 aromatic rings. The van der Waals surface area contributed by atoms with Crippen molar-refractivity contribution >= 4 is 46.8 Å². The number of carbonyl (C=O) groups is 3. The average Bonchev–Trinajstić information content (AvgIpc) is 3.20. The number of cyclic esters (lactones) is 1. The van der Waals surface area contributed by atoms with Gasteiger partial charge in [-0.3, -0.25) is 14.4 Å². The molecule has 1 spiro atoms. The van der Waals surface area contributed by atoms with Crippen molar-refractivity contribution in [3.05, 3.63) is 89.0 Å². The number of ether oxygens (including phenoxy) is 1. The van der Waals surface area contributed by atoms with Gasteiger partial charge in [-0.2, -0.15) is 0 Å². The first-order valence-electron chi connectivity index (χ1n) is 13.5. The predicted octanol–water partition coefficient (Wildman–Crippen LogP) is 3.96. The molecule has 208 valence electrons.